The van der Waals surface area contributed by atoms with Crippen LogP contribution in [0.2, 0.25) is 0 Å². The van der Waals surface area contributed by atoms with Crippen LogP contribution in [0.5, 0.6) is 5.88 Å². The molecule has 2 rings (SSSR count). The summed E-state index contributed by atoms with van der Waals surface area (Å²) in [7, 11) is 0. The zero-order chi connectivity index (χ0) is 15.2. The van der Waals surface area contributed by atoms with Gasteiger partial charge in [-0.05, 0) is 20.3 Å². The van der Waals surface area contributed by atoms with Crippen molar-refractivity contribution < 1.29 is 9.53 Å². The summed E-state index contributed by atoms with van der Waals surface area (Å²) >= 11 is 0. The molecule has 2 aromatic rings. The van der Waals surface area contributed by atoms with Gasteiger partial charge in [-0.2, -0.15) is 10.1 Å². The van der Waals surface area contributed by atoms with E-state index in [0.29, 0.717) is 30.9 Å². The van der Waals surface area contributed by atoms with E-state index in [1.54, 1.807) is 10.9 Å². The second kappa shape index (κ2) is 7.01. The summed E-state index contributed by atoms with van der Waals surface area (Å²) < 4.78 is 7.19. The molecule has 0 bridgehead atoms. The Hall–Kier alpha value is -2.18. The molecule has 2 heterocycles. The normalized spacial score (nSPS) is 10.8. The van der Waals surface area contributed by atoms with Crippen molar-refractivity contribution in [3.63, 3.8) is 0 Å². The highest BCUT2D eigenvalue weighted by Gasteiger charge is 2.19. The van der Waals surface area contributed by atoms with Gasteiger partial charge in [-0.3, -0.25) is 4.79 Å². The van der Waals surface area contributed by atoms with E-state index < -0.39 is 0 Å². The minimum absolute atomic E-state index is 0.219. The van der Waals surface area contributed by atoms with Gasteiger partial charge in [-0.25, -0.2) is 9.67 Å². The van der Waals surface area contributed by atoms with Gasteiger partial charge in [0.1, 0.15) is 5.52 Å². The molecule has 0 radical (unpaired) electrons. The molecule has 2 aromatic heterocycles. The molecule has 0 aliphatic heterocycles. The first-order chi connectivity index (χ1) is 10.2. The van der Waals surface area contributed by atoms with Gasteiger partial charge in [-0.15, -0.1) is 0 Å². The second-order valence-corrected chi connectivity index (χ2v) is 4.59. The monoisotopic (exact) mass is 291 g/mol. The lowest BCUT2D eigenvalue weighted by atomic mass is 10.3. The van der Waals surface area contributed by atoms with Gasteiger partial charge in [0.25, 0.3) is 5.91 Å². The first-order valence-electron chi connectivity index (χ1n) is 7.35. The fourth-order valence-electron chi connectivity index (χ4n) is 1.96. The maximum atomic E-state index is 12.2. The third-order valence-electron chi connectivity index (χ3n) is 3.05. The Morgan fingerprint density at radius 3 is 2.81 bits per heavy atom. The Kier molecular flexibility index (Phi) is 5.08. The quantitative estimate of drug-likeness (QED) is 0.786. The van der Waals surface area contributed by atoms with Gasteiger partial charge in [0.2, 0.25) is 5.88 Å². The Balaban J connectivity index is 2.36. The van der Waals surface area contributed by atoms with Gasteiger partial charge in [0.15, 0.2) is 11.3 Å². The molecule has 0 aromatic carbocycles. The number of aromatic nitrogens is 4. The second-order valence-electron chi connectivity index (χ2n) is 4.59. The molecule has 0 unspecified atom stereocenters. The van der Waals surface area contributed by atoms with Crippen LogP contribution in [0.15, 0.2) is 6.20 Å². The van der Waals surface area contributed by atoms with Gasteiger partial charge in [0, 0.05) is 13.1 Å². The summed E-state index contributed by atoms with van der Waals surface area (Å²) in [5, 5.41) is 7.03. The molecule has 0 atom stereocenters. The Bertz CT molecular complexity index is 623. The minimum Gasteiger partial charge on any atom is -0.476 e. The highest BCUT2D eigenvalue weighted by molar-refractivity contribution is 5.96. The van der Waals surface area contributed by atoms with E-state index in [1.807, 2.05) is 13.8 Å². The summed E-state index contributed by atoms with van der Waals surface area (Å²) in [6.45, 7) is 7.63. The zero-order valence-corrected chi connectivity index (χ0v) is 12.7. The van der Waals surface area contributed by atoms with Crippen molar-refractivity contribution in [1.29, 1.82) is 0 Å². The van der Waals surface area contributed by atoms with Crippen molar-refractivity contribution >= 4 is 17.1 Å². The van der Waals surface area contributed by atoms with Crippen molar-refractivity contribution in [2.75, 3.05) is 13.2 Å². The van der Waals surface area contributed by atoms with Crippen LogP contribution in [0.25, 0.3) is 11.2 Å². The lowest BCUT2D eigenvalue weighted by Crippen LogP contribution is -2.26. The predicted octanol–water partition coefficient (Wildman–Crippen LogP) is 1.77. The molecule has 0 spiro atoms. The van der Waals surface area contributed by atoms with E-state index in [1.165, 1.54) is 0 Å². The number of rotatable bonds is 7. The Morgan fingerprint density at radius 1 is 1.33 bits per heavy atom. The van der Waals surface area contributed by atoms with E-state index >= 15 is 0 Å². The standard InChI is InChI=1S/C14H21N5O2/c1-4-7-8-15-13(20)11-14(21-6-3)18-12-10(17-11)9-16-19(12)5-2/h9H,4-8H2,1-3H3,(H,15,20). The molecule has 7 nitrogen and oxygen atoms in total. The largest absolute Gasteiger partial charge is 0.476 e. The van der Waals surface area contributed by atoms with Gasteiger partial charge >= 0.3 is 0 Å². The van der Waals surface area contributed by atoms with E-state index in [4.69, 9.17) is 4.74 Å². The zero-order valence-electron chi connectivity index (χ0n) is 12.7. The molecule has 114 valence electrons. The van der Waals surface area contributed by atoms with Gasteiger partial charge < -0.3 is 10.1 Å². The summed E-state index contributed by atoms with van der Waals surface area (Å²) in [5.41, 5.74) is 1.45. The number of unbranched alkanes of at least 4 members (excludes halogenated alkanes) is 1. The van der Waals surface area contributed by atoms with Crippen LogP contribution in [0.1, 0.15) is 44.1 Å². The van der Waals surface area contributed by atoms with Crippen molar-refractivity contribution in [3.05, 3.63) is 11.9 Å². The van der Waals surface area contributed by atoms with E-state index in [0.717, 1.165) is 12.8 Å². The first-order valence-corrected chi connectivity index (χ1v) is 7.35. The summed E-state index contributed by atoms with van der Waals surface area (Å²) in [6.07, 6.45) is 3.57. The average Bonchev–Trinajstić information content (AvgIpc) is 2.89. The van der Waals surface area contributed by atoms with Crippen LogP contribution in [-0.2, 0) is 6.54 Å². The molecular weight excluding hydrogens is 270 g/mol. The molecule has 0 aliphatic carbocycles. The smallest absolute Gasteiger partial charge is 0.275 e. The van der Waals surface area contributed by atoms with Crippen LogP contribution in [-0.4, -0.2) is 38.8 Å². The lowest BCUT2D eigenvalue weighted by Gasteiger charge is -2.09. The van der Waals surface area contributed by atoms with Crippen molar-refractivity contribution in [1.82, 2.24) is 25.1 Å². The number of hydrogen-bond acceptors (Lipinski definition) is 5. The molecule has 0 saturated heterocycles. The molecule has 7 heteroatoms. The van der Waals surface area contributed by atoms with E-state index in [-0.39, 0.29) is 17.5 Å². The molecule has 1 N–H and O–H groups in total. The van der Waals surface area contributed by atoms with Crippen LogP contribution < -0.4 is 10.1 Å². The van der Waals surface area contributed by atoms with Gasteiger partial charge in [-0.1, -0.05) is 13.3 Å². The molecule has 0 saturated carbocycles. The van der Waals surface area contributed by atoms with Crippen LogP contribution >= 0.6 is 0 Å². The highest BCUT2D eigenvalue weighted by Crippen LogP contribution is 2.19. The lowest BCUT2D eigenvalue weighted by molar-refractivity contribution is 0.0943. The first kappa shape index (κ1) is 15.2. The average molecular weight is 291 g/mol. The summed E-state index contributed by atoms with van der Waals surface area (Å²) in [6, 6.07) is 0. The van der Waals surface area contributed by atoms with Crippen molar-refractivity contribution in [2.45, 2.75) is 40.2 Å². The fraction of sp³-hybridized carbons (Fsp3) is 0.571. The van der Waals surface area contributed by atoms with E-state index in [9.17, 15) is 4.79 Å². The van der Waals surface area contributed by atoms with Crippen molar-refractivity contribution in [3.8, 4) is 5.88 Å². The third-order valence-corrected chi connectivity index (χ3v) is 3.05. The Labute approximate surface area is 123 Å². The highest BCUT2D eigenvalue weighted by atomic mass is 16.5. The number of nitrogens with zero attached hydrogens (tertiary/aromatic N) is 4. The van der Waals surface area contributed by atoms with E-state index in [2.05, 4.69) is 27.3 Å². The van der Waals surface area contributed by atoms with Crippen molar-refractivity contribution in [2.24, 2.45) is 0 Å². The predicted molar refractivity (Wildman–Crippen MR) is 79.4 cm³/mol. The number of hydrogen-bond donors (Lipinski definition) is 1. The van der Waals surface area contributed by atoms with Crippen LogP contribution in [0.4, 0.5) is 0 Å². The Morgan fingerprint density at radius 2 is 2.14 bits per heavy atom. The molecule has 1 amide bonds. The number of carbonyl (C=O) groups is 1. The van der Waals surface area contributed by atoms with Crippen LogP contribution in [0, 0.1) is 0 Å². The number of nitrogens with one attached hydrogen (secondary N) is 1. The number of amides is 1. The summed E-state index contributed by atoms with van der Waals surface area (Å²) in [5.74, 6) is -0.000234. The molecule has 21 heavy (non-hydrogen) atoms. The maximum absolute atomic E-state index is 12.2. The summed E-state index contributed by atoms with van der Waals surface area (Å²) in [4.78, 5) is 21.0. The van der Waals surface area contributed by atoms with Gasteiger partial charge in [0.05, 0.1) is 12.8 Å². The molecular formula is C14H21N5O2. The maximum Gasteiger partial charge on any atom is 0.275 e. The topological polar surface area (TPSA) is 81.9 Å². The number of carbonyl (C=O) groups excluding carboxylic acids is 1. The number of ether oxygens (including phenoxy) is 1. The SMILES string of the molecule is CCCCNC(=O)c1nc2cnn(CC)c2nc1OCC. The molecule has 0 fully saturated rings. The number of fused-ring (bicyclic) bond motifs is 1. The molecule has 0 aliphatic rings. The number of aryl methyl sites for hydroxylation is 1. The van der Waals surface area contributed by atoms with Crippen LogP contribution in [0.3, 0.4) is 0 Å². The fourth-order valence-corrected chi connectivity index (χ4v) is 1.96. The minimum atomic E-state index is -0.259. The third kappa shape index (κ3) is 3.29.